The van der Waals surface area contributed by atoms with Gasteiger partial charge in [-0.2, -0.15) is 5.10 Å². The predicted octanol–water partition coefficient (Wildman–Crippen LogP) is 2.97. The summed E-state index contributed by atoms with van der Waals surface area (Å²) in [6.45, 7) is 1.92. The molecule has 1 aromatic heterocycles. The van der Waals surface area contributed by atoms with Crippen molar-refractivity contribution in [2.24, 2.45) is 5.10 Å². The number of nitrogens with zero attached hydrogens (tertiary/aromatic N) is 3. The first-order chi connectivity index (χ1) is 8.25. The Hall–Kier alpha value is -1.94. The minimum Gasteiger partial charge on any atom is -0.260 e. The number of hydrogen-bond donors (Lipinski definition) is 1. The van der Waals surface area contributed by atoms with Crippen molar-refractivity contribution in [2.45, 2.75) is 6.92 Å². The van der Waals surface area contributed by atoms with Crippen molar-refractivity contribution in [3.05, 3.63) is 53.2 Å². The maximum absolute atomic E-state index is 5.63. The fourth-order valence-corrected chi connectivity index (χ4v) is 1.36. The molecule has 2 aromatic rings. The van der Waals surface area contributed by atoms with Crippen LogP contribution in [0.1, 0.15) is 12.5 Å². The van der Waals surface area contributed by atoms with Crippen LogP contribution in [-0.4, -0.2) is 15.9 Å². The predicted molar refractivity (Wildman–Crippen MR) is 69.3 cm³/mol. The van der Waals surface area contributed by atoms with Crippen molar-refractivity contribution in [3.8, 4) is 0 Å². The summed E-state index contributed by atoms with van der Waals surface area (Å²) in [6, 6.07) is 13.3. The lowest BCUT2D eigenvalue weighted by atomic mass is 10.1. The van der Waals surface area contributed by atoms with Crippen LogP contribution in [0, 0.1) is 0 Å². The molecule has 4 nitrogen and oxygen atoms in total. The third kappa shape index (κ3) is 3.26. The zero-order valence-corrected chi connectivity index (χ0v) is 10.0. The molecule has 0 saturated carbocycles. The zero-order valence-electron chi connectivity index (χ0n) is 9.26. The summed E-state index contributed by atoms with van der Waals surface area (Å²) in [6.07, 6.45) is 0. The van der Waals surface area contributed by atoms with Crippen molar-refractivity contribution in [1.29, 1.82) is 0 Å². The van der Waals surface area contributed by atoms with Crippen LogP contribution in [0.25, 0.3) is 0 Å². The average Bonchev–Trinajstić information content (AvgIpc) is 2.39. The molecular formula is C12H11ClN4. The number of anilines is 1. The maximum Gasteiger partial charge on any atom is 0.168 e. The molecule has 86 valence electrons. The fraction of sp³-hybridized carbons (Fsp3) is 0.0833. The molecule has 0 fully saturated rings. The van der Waals surface area contributed by atoms with Crippen molar-refractivity contribution in [3.63, 3.8) is 0 Å². The first-order valence-corrected chi connectivity index (χ1v) is 5.48. The molecule has 1 aromatic carbocycles. The molecule has 17 heavy (non-hydrogen) atoms. The molecule has 2 rings (SSSR count). The number of aromatic nitrogens is 2. The Morgan fingerprint density at radius 2 is 1.88 bits per heavy atom. The fourth-order valence-electron chi connectivity index (χ4n) is 1.26. The Bertz CT molecular complexity index is 508. The van der Waals surface area contributed by atoms with E-state index in [1.165, 1.54) is 0 Å². The Kier molecular flexibility index (Phi) is 3.67. The van der Waals surface area contributed by atoms with E-state index in [1.54, 1.807) is 12.1 Å². The third-order valence-electron chi connectivity index (χ3n) is 2.16. The molecular weight excluding hydrogens is 236 g/mol. The second-order valence-corrected chi connectivity index (χ2v) is 3.80. The van der Waals surface area contributed by atoms with Gasteiger partial charge in [0.25, 0.3) is 0 Å². The SMILES string of the molecule is CC(=NNc1ccc(Cl)nn1)c1ccccc1. The molecule has 0 aliphatic rings. The van der Waals surface area contributed by atoms with Gasteiger partial charge in [0, 0.05) is 0 Å². The van der Waals surface area contributed by atoms with Gasteiger partial charge in [-0.25, -0.2) is 0 Å². The molecule has 0 amide bonds. The Morgan fingerprint density at radius 1 is 1.12 bits per heavy atom. The normalized spacial score (nSPS) is 11.3. The van der Waals surface area contributed by atoms with Crippen LogP contribution in [0.5, 0.6) is 0 Å². The Morgan fingerprint density at radius 3 is 2.53 bits per heavy atom. The van der Waals surface area contributed by atoms with Gasteiger partial charge >= 0.3 is 0 Å². The van der Waals surface area contributed by atoms with Gasteiger partial charge < -0.3 is 0 Å². The van der Waals surface area contributed by atoms with Crippen LogP contribution in [-0.2, 0) is 0 Å². The maximum atomic E-state index is 5.63. The second-order valence-electron chi connectivity index (χ2n) is 3.42. The lowest BCUT2D eigenvalue weighted by Crippen LogP contribution is -2.01. The summed E-state index contributed by atoms with van der Waals surface area (Å²) in [5.74, 6) is 0.560. The summed E-state index contributed by atoms with van der Waals surface area (Å²) in [7, 11) is 0. The standard InChI is InChI=1S/C12H11ClN4/c1-9(10-5-3-2-4-6-10)14-16-12-8-7-11(13)15-17-12/h2-8H,1H3,(H,16,17). The Labute approximate surface area is 104 Å². The summed E-state index contributed by atoms with van der Waals surface area (Å²) in [5.41, 5.74) is 4.76. The van der Waals surface area contributed by atoms with Gasteiger partial charge in [0.2, 0.25) is 0 Å². The lowest BCUT2D eigenvalue weighted by Gasteiger charge is -2.02. The molecule has 0 bridgehead atoms. The van der Waals surface area contributed by atoms with Crippen molar-refractivity contribution < 1.29 is 0 Å². The van der Waals surface area contributed by atoms with E-state index in [9.17, 15) is 0 Å². The van der Waals surface area contributed by atoms with Crippen molar-refractivity contribution in [2.75, 3.05) is 5.43 Å². The molecule has 0 aliphatic heterocycles. The minimum absolute atomic E-state index is 0.360. The van der Waals surface area contributed by atoms with Crippen LogP contribution >= 0.6 is 11.6 Å². The van der Waals surface area contributed by atoms with Crippen LogP contribution in [0.2, 0.25) is 5.15 Å². The minimum atomic E-state index is 0.360. The van der Waals surface area contributed by atoms with E-state index in [2.05, 4.69) is 20.7 Å². The summed E-state index contributed by atoms with van der Waals surface area (Å²) < 4.78 is 0. The third-order valence-corrected chi connectivity index (χ3v) is 2.36. The molecule has 0 radical (unpaired) electrons. The molecule has 0 aliphatic carbocycles. The molecule has 0 atom stereocenters. The van der Waals surface area contributed by atoms with E-state index in [0.717, 1.165) is 11.3 Å². The van der Waals surface area contributed by atoms with Crippen LogP contribution < -0.4 is 5.43 Å². The molecule has 1 heterocycles. The quantitative estimate of drug-likeness (QED) is 0.669. The van der Waals surface area contributed by atoms with Gasteiger partial charge in [-0.1, -0.05) is 41.9 Å². The smallest absolute Gasteiger partial charge is 0.168 e. The highest BCUT2D eigenvalue weighted by atomic mass is 35.5. The van der Waals surface area contributed by atoms with E-state index in [4.69, 9.17) is 11.6 Å². The van der Waals surface area contributed by atoms with Crippen molar-refractivity contribution >= 4 is 23.1 Å². The van der Waals surface area contributed by atoms with E-state index >= 15 is 0 Å². The van der Waals surface area contributed by atoms with E-state index in [-0.39, 0.29) is 0 Å². The van der Waals surface area contributed by atoms with Gasteiger partial charge in [0.15, 0.2) is 11.0 Å². The Balaban J connectivity index is 2.08. The number of hydrogen-bond acceptors (Lipinski definition) is 4. The van der Waals surface area contributed by atoms with Gasteiger partial charge in [-0.15, -0.1) is 10.2 Å². The van der Waals surface area contributed by atoms with Crippen LogP contribution in [0.4, 0.5) is 5.82 Å². The number of benzene rings is 1. The topological polar surface area (TPSA) is 50.2 Å². The lowest BCUT2D eigenvalue weighted by molar-refractivity contribution is 1.02. The second kappa shape index (κ2) is 5.41. The first-order valence-electron chi connectivity index (χ1n) is 5.10. The van der Waals surface area contributed by atoms with Gasteiger partial charge in [0.1, 0.15) is 0 Å². The highest BCUT2D eigenvalue weighted by Gasteiger charge is 1.97. The highest BCUT2D eigenvalue weighted by Crippen LogP contribution is 2.07. The summed E-state index contributed by atoms with van der Waals surface area (Å²) in [4.78, 5) is 0. The van der Waals surface area contributed by atoms with Gasteiger partial charge in [-0.05, 0) is 24.6 Å². The first kappa shape index (κ1) is 11.5. The summed E-state index contributed by atoms with van der Waals surface area (Å²) in [5, 5.41) is 12.1. The monoisotopic (exact) mass is 246 g/mol. The molecule has 0 spiro atoms. The number of halogens is 1. The number of hydrazone groups is 1. The number of nitrogens with one attached hydrogen (secondary N) is 1. The molecule has 5 heteroatoms. The zero-order chi connectivity index (χ0) is 12.1. The molecule has 0 saturated heterocycles. The van der Waals surface area contributed by atoms with Crippen LogP contribution in [0.3, 0.4) is 0 Å². The summed E-state index contributed by atoms with van der Waals surface area (Å²) >= 11 is 5.63. The molecule has 1 N–H and O–H groups in total. The van der Waals surface area contributed by atoms with Crippen molar-refractivity contribution in [1.82, 2.24) is 10.2 Å². The van der Waals surface area contributed by atoms with Crippen LogP contribution in [0.15, 0.2) is 47.6 Å². The largest absolute Gasteiger partial charge is 0.260 e. The molecule has 0 unspecified atom stereocenters. The number of rotatable bonds is 3. The highest BCUT2D eigenvalue weighted by molar-refractivity contribution is 6.29. The van der Waals surface area contributed by atoms with Gasteiger partial charge in [0.05, 0.1) is 5.71 Å². The average molecular weight is 247 g/mol. The van der Waals surface area contributed by atoms with Gasteiger partial charge in [-0.3, -0.25) is 5.43 Å². The van der Waals surface area contributed by atoms with E-state index < -0.39 is 0 Å². The van der Waals surface area contributed by atoms with E-state index in [0.29, 0.717) is 11.0 Å². The van der Waals surface area contributed by atoms with E-state index in [1.807, 2.05) is 37.3 Å².